The fourth-order valence-electron chi connectivity index (χ4n) is 5.13. The number of rotatable bonds is 9. The number of ketones is 1. The molecular weight excluding hydrogens is 607 g/mol. The molecule has 4 rings (SSSR count). The van der Waals surface area contributed by atoms with Crippen molar-refractivity contribution in [2.24, 2.45) is 5.92 Å². The van der Waals surface area contributed by atoms with Gasteiger partial charge in [-0.05, 0) is 49.4 Å². The molecule has 1 amide bonds. The molecule has 0 aliphatic heterocycles. The number of halogens is 6. The lowest BCUT2D eigenvalue weighted by Crippen LogP contribution is -2.37. The fraction of sp³-hybridized carbons (Fsp3) is 0.333. The number of carboxylic acid groups (broad SMARTS) is 1. The molecule has 0 atom stereocenters. The van der Waals surface area contributed by atoms with Gasteiger partial charge in [-0.15, -0.1) is 0 Å². The van der Waals surface area contributed by atoms with Crippen LogP contribution in [0.1, 0.15) is 63.7 Å². The SMILES string of the molecule is O=C(CN(Cc1cc(F)cc(F)c1)C(=O)c1cnn(C2CCC(C(=O)O)CC2)c1C(F)(F)F)c1c(Cl)cccc1[N+](=O)[O-]. The number of aromatic nitrogens is 2. The highest BCUT2D eigenvalue weighted by Gasteiger charge is 2.43. The van der Waals surface area contributed by atoms with E-state index in [4.69, 9.17) is 11.6 Å². The van der Waals surface area contributed by atoms with Crippen LogP contribution < -0.4 is 0 Å². The number of alkyl halides is 3. The number of aliphatic carboxylic acids is 1. The van der Waals surface area contributed by atoms with Crippen LogP contribution in [0.3, 0.4) is 0 Å². The normalized spacial score (nSPS) is 17.0. The second-order valence-corrected chi connectivity index (χ2v) is 10.4. The largest absolute Gasteiger partial charge is 0.481 e. The molecule has 3 aromatic rings. The molecule has 16 heteroatoms. The predicted octanol–water partition coefficient (Wildman–Crippen LogP) is 6.08. The Morgan fingerprint density at radius 3 is 2.28 bits per heavy atom. The van der Waals surface area contributed by atoms with E-state index in [0.717, 1.165) is 18.2 Å². The van der Waals surface area contributed by atoms with Gasteiger partial charge in [-0.2, -0.15) is 18.3 Å². The molecule has 1 saturated carbocycles. The molecule has 2 aromatic carbocycles. The standard InChI is InChI=1S/C27H22ClF5N4O6/c28-20-2-1-3-21(37(42)43)23(20)22(38)13-35(12-14-8-16(29)10-17(30)9-14)25(39)19-11-34-36(24(19)27(31,32)33)18-6-4-15(5-7-18)26(40)41/h1-3,8-11,15,18H,4-7,12-13H2,(H,40,41). The summed E-state index contributed by atoms with van der Waals surface area (Å²) >= 11 is 6.03. The molecule has 1 aliphatic carbocycles. The van der Waals surface area contributed by atoms with Crippen LogP contribution in [0.25, 0.3) is 0 Å². The number of hydrogen-bond acceptors (Lipinski definition) is 6. The van der Waals surface area contributed by atoms with Gasteiger partial charge in [0, 0.05) is 18.7 Å². The van der Waals surface area contributed by atoms with E-state index in [1.165, 1.54) is 12.1 Å². The second kappa shape index (κ2) is 12.5. The molecule has 1 fully saturated rings. The summed E-state index contributed by atoms with van der Waals surface area (Å²) in [5.74, 6) is -6.43. The number of nitrogens with zero attached hydrogens (tertiary/aromatic N) is 4. The second-order valence-electron chi connectivity index (χ2n) is 9.95. The summed E-state index contributed by atoms with van der Waals surface area (Å²) in [6.07, 6.45) is -4.23. The smallest absolute Gasteiger partial charge is 0.433 e. The molecule has 1 heterocycles. The minimum absolute atomic E-state index is 0.0380. The van der Waals surface area contributed by atoms with Crippen molar-refractivity contribution in [3.8, 4) is 0 Å². The molecule has 1 aromatic heterocycles. The molecular formula is C27H22ClF5N4O6. The number of benzene rings is 2. The molecule has 0 bridgehead atoms. The summed E-state index contributed by atoms with van der Waals surface area (Å²) < 4.78 is 71.7. The first kappa shape index (κ1) is 31.5. The topological polar surface area (TPSA) is 136 Å². The van der Waals surface area contributed by atoms with Crippen LogP contribution in [0.15, 0.2) is 42.6 Å². The molecule has 1 N–H and O–H groups in total. The van der Waals surface area contributed by atoms with Crippen LogP contribution >= 0.6 is 11.6 Å². The molecule has 1 aliphatic rings. The van der Waals surface area contributed by atoms with E-state index in [9.17, 15) is 51.6 Å². The summed E-state index contributed by atoms with van der Waals surface area (Å²) in [5.41, 5.74) is -3.99. The molecule has 0 radical (unpaired) electrons. The first-order valence-electron chi connectivity index (χ1n) is 12.7. The quantitative estimate of drug-likeness (QED) is 0.131. The minimum Gasteiger partial charge on any atom is -0.481 e. The number of nitro benzene ring substituents is 1. The van der Waals surface area contributed by atoms with Gasteiger partial charge in [0.15, 0.2) is 11.5 Å². The number of hydrogen-bond donors (Lipinski definition) is 1. The van der Waals surface area contributed by atoms with Gasteiger partial charge >= 0.3 is 12.1 Å². The van der Waals surface area contributed by atoms with E-state index < -0.39 is 88.0 Å². The van der Waals surface area contributed by atoms with Crippen LogP contribution in [-0.4, -0.2) is 48.9 Å². The zero-order chi connectivity index (χ0) is 31.6. The number of carbonyl (C=O) groups is 3. The molecule has 0 saturated heterocycles. The summed E-state index contributed by atoms with van der Waals surface area (Å²) in [6, 6.07) is 4.59. The van der Waals surface area contributed by atoms with Gasteiger partial charge in [-0.1, -0.05) is 17.7 Å². The predicted molar refractivity (Wildman–Crippen MR) is 139 cm³/mol. The van der Waals surface area contributed by atoms with E-state index in [2.05, 4.69) is 5.10 Å². The van der Waals surface area contributed by atoms with Crippen molar-refractivity contribution in [2.45, 2.75) is 44.4 Å². The summed E-state index contributed by atoms with van der Waals surface area (Å²) in [4.78, 5) is 49.4. The van der Waals surface area contributed by atoms with Gasteiger partial charge in [-0.3, -0.25) is 29.2 Å². The zero-order valence-corrected chi connectivity index (χ0v) is 22.7. The maximum atomic E-state index is 14.4. The Morgan fingerprint density at radius 2 is 1.72 bits per heavy atom. The average molecular weight is 629 g/mol. The van der Waals surface area contributed by atoms with Crippen molar-refractivity contribution in [3.63, 3.8) is 0 Å². The Hall–Kier alpha value is -4.40. The lowest BCUT2D eigenvalue weighted by atomic mass is 9.86. The molecule has 0 spiro atoms. The van der Waals surface area contributed by atoms with Crippen LogP contribution in [0.4, 0.5) is 27.6 Å². The Kier molecular flexibility index (Phi) is 9.13. The van der Waals surface area contributed by atoms with Crippen LogP contribution in [-0.2, 0) is 17.5 Å². The zero-order valence-electron chi connectivity index (χ0n) is 22.0. The van der Waals surface area contributed by atoms with E-state index in [-0.39, 0.29) is 36.3 Å². The third-order valence-corrected chi connectivity index (χ3v) is 7.39. The van der Waals surface area contributed by atoms with Gasteiger partial charge in [0.05, 0.1) is 40.2 Å². The van der Waals surface area contributed by atoms with E-state index >= 15 is 0 Å². The van der Waals surface area contributed by atoms with Crippen molar-refractivity contribution in [1.29, 1.82) is 0 Å². The molecule has 43 heavy (non-hydrogen) atoms. The van der Waals surface area contributed by atoms with E-state index in [1.54, 1.807) is 0 Å². The number of carboxylic acids is 1. The maximum Gasteiger partial charge on any atom is 0.433 e. The summed E-state index contributed by atoms with van der Waals surface area (Å²) in [7, 11) is 0. The Morgan fingerprint density at radius 1 is 1.09 bits per heavy atom. The average Bonchev–Trinajstić information content (AvgIpc) is 3.37. The van der Waals surface area contributed by atoms with Crippen molar-refractivity contribution in [3.05, 3.63) is 91.8 Å². The number of Topliss-reactive ketones (excluding diaryl/α,β-unsaturated/α-hetero) is 1. The van der Waals surface area contributed by atoms with Crippen molar-refractivity contribution in [2.75, 3.05) is 6.54 Å². The number of amides is 1. The van der Waals surface area contributed by atoms with Crippen molar-refractivity contribution in [1.82, 2.24) is 14.7 Å². The van der Waals surface area contributed by atoms with Gasteiger partial charge in [-0.25, -0.2) is 8.78 Å². The summed E-state index contributed by atoms with van der Waals surface area (Å²) in [6.45, 7) is -1.81. The van der Waals surface area contributed by atoms with Gasteiger partial charge in [0.25, 0.3) is 11.6 Å². The Balaban J connectivity index is 1.75. The third kappa shape index (κ3) is 6.98. The monoisotopic (exact) mass is 628 g/mol. The molecule has 0 unspecified atom stereocenters. The van der Waals surface area contributed by atoms with Crippen LogP contribution in [0.2, 0.25) is 5.02 Å². The van der Waals surface area contributed by atoms with Gasteiger partial charge < -0.3 is 10.0 Å². The highest BCUT2D eigenvalue weighted by atomic mass is 35.5. The Labute approximate surface area is 244 Å². The summed E-state index contributed by atoms with van der Waals surface area (Å²) in [5, 5.41) is 24.2. The lowest BCUT2D eigenvalue weighted by Gasteiger charge is -2.28. The van der Waals surface area contributed by atoms with E-state index in [1.807, 2.05) is 0 Å². The first-order valence-corrected chi connectivity index (χ1v) is 13.1. The maximum absolute atomic E-state index is 14.4. The lowest BCUT2D eigenvalue weighted by molar-refractivity contribution is -0.385. The van der Waals surface area contributed by atoms with Gasteiger partial charge in [0.1, 0.15) is 17.2 Å². The fourth-order valence-corrected chi connectivity index (χ4v) is 5.41. The van der Waals surface area contributed by atoms with Crippen molar-refractivity contribution < 1.29 is 46.4 Å². The molecule has 228 valence electrons. The highest BCUT2D eigenvalue weighted by molar-refractivity contribution is 6.34. The van der Waals surface area contributed by atoms with Gasteiger partial charge in [0.2, 0.25) is 0 Å². The Bertz CT molecular complexity index is 1570. The first-order chi connectivity index (χ1) is 20.2. The van der Waals surface area contributed by atoms with Crippen molar-refractivity contribution >= 4 is 34.9 Å². The van der Waals surface area contributed by atoms with Crippen LogP contribution in [0, 0.1) is 27.7 Å². The minimum atomic E-state index is -5.13. The molecule has 10 nitrogen and oxygen atoms in total. The highest BCUT2D eigenvalue weighted by Crippen LogP contribution is 2.39. The number of carbonyl (C=O) groups excluding carboxylic acids is 2. The van der Waals surface area contributed by atoms with E-state index in [0.29, 0.717) is 21.8 Å². The van der Waals surface area contributed by atoms with Crippen LogP contribution in [0.5, 0.6) is 0 Å². The third-order valence-electron chi connectivity index (χ3n) is 7.07. The number of nitro groups is 1.